The summed E-state index contributed by atoms with van der Waals surface area (Å²) in [5.41, 5.74) is 3.91. The molecule has 3 rings (SSSR count). The Morgan fingerprint density at radius 3 is 2.79 bits per heavy atom. The van der Waals surface area contributed by atoms with Gasteiger partial charge < -0.3 is 19.4 Å². The maximum absolute atomic E-state index is 12.3. The highest BCUT2D eigenvalue weighted by Gasteiger charge is 2.40. The zero-order chi connectivity index (χ0) is 17.1. The summed E-state index contributed by atoms with van der Waals surface area (Å²) in [6.07, 6.45) is 1.41. The molecule has 1 unspecified atom stereocenters. The van der Waals surface area contributed by atoms with Crippen molar-refractivity contribution in [2.45, 2.75) is 31.3 Å². The molecule has 0 spiro atoms. The van der Waals surface area contributed by atoms with Gasteiger partial charge in [0.2, 0.25) is 0 Å². The summed E-state index contributed by atoms with van der Waals surface area (Å²) in [5.74, 6) is -0.460. The van der Waals surface area contributed by atoms with Gasteiger partial charge >= 0.3 is 12.1 Å². The van der Waals surface area contributed by atoms with Crippen LogP contribution < -0.4 is 15.1 Å². The maximum Gasteiger partial charge on any atom is 0.434 e. The van der Waals surface area contributed by atoms with E-state index in [1.165, 1.54) is 4.90 Å². The van der Waals surface area contributed by atoms with Crippen molar-refractivity contribution >= 4 is 17.7 Å². The van der Waals surface area contributed by atoms with Gasteiger partial charge in [-0.1, -0.05) is 0 Å². The fraction of sp³-hybridized carbons (Fsp3) is 0.500. The number of rotatable bonds is 7. The third kappa shape index (κ3) is 3.60. The van der Waals surface area contributed by atoms with E-state index < -0.39 is 18.1 Å². The number of ether oxygens (including phenoxy) is 2. The van der Waals surface area contributed by atoms with Crippen molar-refractivity contribution in [2.75, 3.05) is 25.2 Å². The monoisotopic (exact) mass is 336 g/mol. The number of hydroxylamine groups is 1. The van der Waals surface area contributed by atoms with Crippen LogP contribution in [-0.4, -0.2) is 49.6 Å². The van der Waals surface area contributed by atoms with Gasteiger partial charge in [0.05, 0.1) is 12.3 Å². The average Bonchev–Trinajstić information content (AvgIpc) is 3.31. The molecule has 2 N–H and O–H groups in total. The number of carboxylic acid groups (broad SMARTS) is 1. The molecule has 2 aliphatic rings. The highest BCUT2D eigenvalue weighted by molar-refractivity contribution is 5.98. The molecule has 1 saturated carbocycles. The van der Waals surface area contributed by atoms with Crippen LogP contribution >= 0.6 is 0 Å². The minimum Gasteiger partial charge on any atom is -0.491 e. The Balaban J connectivity index is 1.75. The second-order valence-electron chi connectivity index (χ2n) is 5.82. The molecule has 1 aliphatic carbocycles. The maximum atomic E-state index is 12.3. The van der Waals surface area contributed by atoms with Gasteiger partial charge in [0, 0.05) is 19.6 Å². The van der Waals surface area contributed by atoms with Gasteiger partial charge in [0.15, 0.2) is 0 Å². The van der Waals surface area contributed by atoms with Gasteiger partial charge in [-0.25, -0.2) is 9.59 Å². The van der Waals surface area contributed by atoms with E-state index in [1.807, 2.05) is 0 Å². The standard InChI is InChI=1S/C16H20N2O6/c1-22-6-7-23-12-4-5-13-10(8-12)9-14(15(19)20)18(13)16(21)24-17-11-2-3-11/h4-5,8,11,14,17H,2-3,6-7,9H2,1H3,(H,19,20). The number of anilines is 1. The van der Waals surface area contributed by atoms with Gasteiger partial charge in [0.1, 0.15) is 18.4 Å². The summed E-state index contributed by atoms with van der Waals surface area (Å²) >= 11 is 0. The fourth-order valence-electron chi connectivity index (χ4n) is 2.57. The number of nitrogens with zero attached hydrogens (tertiary/aromatic N) is 1. The first kappa shape index (κ1) is 16.5. The molecule has 0 saturated heterocycles. The van der Waals surface area contributed by atoms with Crippen LogP contribution in [0.2, 0.25) is 0 Å². The molecule has 1 heterocycles. The van der Waals surface area contributed by atoms with E-state index in [0.29, 0.717) is 24.7 Å². The van der Waals surface area contributed by atoms with E-state index in [1.54, 1.807) is 25.3 Å². The number of benzene rings is 1. The molecular formula is C16H20N2O6. The zero-order valence-electron chi connectivity index (χ0n) is 13.4. The van der Waals surface area contributed by atoms with E-state index in [0.717, 1.165) is 18.4 Å². The third-order valence-electron chi connectivity index (χ3n) is 3.96. The Morgan fingerprint density at radius 2 is 2.12 bits per heavy atom. The number of methoxy groups -OCH3 is 1. The average molecular weight is 336 g/mol. The second kappa shape index (κ2) is 7.06. The quantitative estimate of drug-likeness (QED) is 0.572. The van der Waals surface area contributed by atoms with E-state index in [9.17, 15) is 14.7 Å². The number of carbonyl (C=O) groups excluding carboxylic acids is 1. The Morgan fingerprint density at radius 1 is 1.33 bits per heavy atom. The SMILES string of the molecule is COCCOc1ccc2c(c1)CC(C(=O)O)N2C(=O)ONC1CC1. The number of nitrogens with one attached hydrogen (secondary N) is 1. The molecule has 1 amide bonds. The first-order valence-corrected chi connectivity index (χ1v) is 7.83. The molecular weight excluding hydrogens is 316 g/mol. The molecule has 1 atom stereocenters. The van der Waals surface area contributed by atoms with Crippen LogP contribution in [0.4, 0.5) is 10.5 Å². The van der Waals surface area contributed by atoms with Crippen molar-refractivity contribution in [1.82, 2.24) is 5.48 Å². The normalized spacial score (nSPS) is 19.0. The number of hydrogen-bond acceptors (Lipinski definition) is 6. The molecule has 0 bridgehead atoms. The Bertz CT molecular complexity index is 631. The molecule has 1 aromatic carbocycles. The van der Waals surface area contributed by atoms with E-state index in [4.69, 9.17) is 14.3 Å². The summed E-state index contributed by atoms with van der Waals surface area (Å²) in [4.78, 5) is 30.0. The summed E-state index contributed by atoms with van der Waals surface area (Å²) in [6.45, 7) is 0.856. The smallest absolute Gasteiger partial charge is 0.434 e. The Labute approximate surface area is 139 Å². The van der Waals surface area contributed by atoms with Gasteiger partial charge in [-0.05, 0) is 36.6 Å². The van der Waals surface area contributed by atoms with Crippen molar-refractivity contribution in [2.24, 2.45) is 0 Å². The molecule has 130 valence electrons. The number of carboxylic acids is 1. The fourth-order valence-corrected chi connectivity index (χ4v) is 2.57. The van der Waals surface area contributed by atoms with Crippen LogP contribution in [0.3, 0.4) is 0 Å². The largest absolute Gasteiger partial charge is 0.491 e. The van der Waals surface area contributed by atoms with Crippen molar-refractivity contribution in [3.63, 3.8) is 0 Å². The predicted octanol–water partition coefficient (Wildman–Crippen LogP) is 1.33. The number of hydrogen-bond donors (Lipinski definition) is 2. The highest BCUT2D eigenvalue weighted by Crippen LogP contribution is 2.35. The van der Waals surface area contributed by atoms with Crippen molar-refractivity contribution < 1.29 is 29.0 Å². The Hall–Kier alpha value is -2.32. The molecule has 1 aliphatic heterocycles. The minimum absolute atomic E-state index is 0.177. The number of carbonyl (C=O) groups is 2. The summed E-state index contributed by atoms with van der Waals surface area (Å²) in [5, 5.41) is 9.42. The van der Waals surface area contributed by atoms with Crippen LogP contribution in [0.25, 0.3) is 0 Å². The molecule has 1 fully saturated rings. The van der Waals surface area contributed by atoms with Crippen molar-refractivity contribution in [3.05, 3.63) is 23.8 Å². The Kier molecular flexibility index (Phi) is 4.86. The van der Waals surface area contributed by atoms with Gasteiger partial charge in [-0.15, -0.1) is 5.48 Å². The lowest BCUT2D eigenvalue weighted by Crippen LogP contribution is -2.45. The van der Waals surface area contributed by atoms with Gasteiger partial charge in [-0.2, -0.15) is 0 Å². The highest BCUT2D eigenvalue weighted by atomic mass is 16.7. The van der Waals surface area contributed by atoms with Crippen molar-refractivity contribution in [1.29, 1.82) is 0 Å². The molecule has 8 nitrogen and oxygen atoms in total. The number of aliphatic carboxylic acids is 1. The van der Waals surface area contributed by atoms with Gasteiger partial charge in [0.25, 0.3) is 0 Å². The summed E-state index contributed by atoms with van der Waals surface area (Å²) in [6, 6.07) is 4.33. The zero-order valence-corrected chi connectivity index (χ0v) is 13.4. The topological polar surface area (TPSA) is 97.3 Å². The molecule has 1 aromatic rings. The first-order valence-electron chi connectivity index (χ1n) is 7.83. The van der Waals surface area contributed by atoms with E-state index in [2.05, 4.69) is 5.48 Å². The first-order chi connectivity index (χ1) is 11.6. The van der Waals surface area contributed by atoms with E-state index in [-0.39, 0.29) is 12.5 Å². The minimum atomic E-state index is -1.07. The van der Waals surface area contributed by atoms with Crippen LogP contribution in [0.15, 0.2) is 18.2 Å². The lowest BCUT2D eigenvalue weighted by Gasteiger charge is -2.21. The van der Waals surface area contributed by atoms with Crippen LogP contribution in [0, 0.1) is 0 Å². The van der Waals surface area contributed by atoms with Crippen molar-refractivity contribution in [3.8, 4) is 5.75 Å². The lowest BCUT2D eigenvalue weighted by atomic mass is 10.1. The van der Waals surface area contributed by atoms with Gasteiger partial charge in [-0.3, -0.25) is 4.90 Å². The summed E-state index contributed by atoms with van der Waals surface area (Å²) < 4.78 is 10.5. The lowest BCUT2D eigenvalue weighted by molar-refractivity contribution is -0.138. The second-order valence-corrected chi connectivity index (χ2v) is 5.82. The molecule has 8 heteroatoms. The van der Waals surface area contributed by atoms with Crippen LogP contribution in [0.1, 0.15) is 18.4 Å². The molecule has 0 radical (unpaired) electrons. The van der Waals surface area contributed by atoms with Crippen LogP contribution in [0.5, 0.6) is 5.75 Å². The number of fused-ring (bicyclic) bond motifs is 1. The summed E-state index contributed by atoms with van der Waals surface area (Å²) in [7, 11) is 1.59. The van der Waals surface area contributed by atoms with E-state index >= 15 is 0 Å². The van der Waals surface area contributed by atoms with Crippen LogP contribution in [-0.2, 0) is 20.8 Å². The number of amides is 1. The molecule has 24 heavy (non-hydrogen) atoms. The third-order valence-corrected chi connectivity index (χ3v) is 3.96. The molecule has 0 aromatic heterocycles. The predicted molar refractivity (Wildman–Crippen MR) is 84.1 cm³/mol.